The summed E-state index contributed by atoms with van der Waals surface area (Å²) in [4.78, 5) is 26.3. The summed E-state index contributed by atoms with van der Waals surface area (Å²) in [5.41, 5.74) is 2.04. The van der Waals surface area contributed by atoms with Crippen molar-refractivity contribution in [1.82, 2.24) is 9.78 Å². The average Bonchev–Trinajstić information content (AvgIpc) is 3.25. The van der Waals surface area contributed by atoms with Crippen LogP contribution in [-0.2, 0) is 17.8 Å². The summed E-state index contributed by atoms with van der Waals surface area (Å²) in [5.74, 6) is -0.456. The normalized spacial score (nSPS) is 13.8. The molecule has 3 heterocycles. The highest BCUT2D eigenvalue weighted by Gasteiger charge is 2.24. The SMILES string of the molecule is O=C(Cn1nc(-c2ccco2)oc1=O)N1CCCc2ccccc21. The predicted molar refractivity (Wildman–Crippen MR) is 85.6 cm³/mol. The van der Waals surface area contributed by atoms with Crippen molar-refractivity contribution in [2.24, 2.45) is 0 Å². The maximum Gasteiger partial charge on any atom is 0.437 e. The van der Waals surface area contributed by atoms with E-state index in [1.54, 1.807) is 17.0 Å². The third kappa shape index (κ3) is 2.54. The highest BCUT2D eigenvalue weighted by Crippen LogP contribution is 2.26. The van der Waals surface area contributed by atoms with Gasteiger partial charge in [0.2, 0.25) is 5.91 Å². The van der Waals surface area contributed by atoms with Crippen molar-refractivity contribution in [1.29, 1.82) is 0 Å². The molecule has 0 bridgehead atoms. The monoisotopic (exact) mass is 325 g/mol. The van der Waals surface area contributed by atoms with Gasteiger partial charge in [0.25, 0.3) is 5.89 Å². The second-order valence-electron chi connectivity index (χ2n) is 5.59. The predicted octanol–water partition coefficient (Wildman–Crippen LogP) is 2.08. The number of furan rings is 1. The minimum absolute atomic E-state index is 0.0665. The molecule has 24 heavy (non-hydrogen) atoms. The van der Waals surface area contributed by atoms with Gasteiger partial charge in [-0.15, -0.1) is 5.10 Å². The lowest BCUT2D eigenvalue weighted by Gasteiger charge is -2.29. The van der Waals surface area contributed by atoms with Crippen LogP contribution in [0.3, 0.4) is 0 Å². The van der Waals surface area contributed by atoms with Crippen molar-refractivity contribution in [2.45, 2.75) is 19.4 Å². The maximum absolute atomic E-state index is 12.6. The van der Waals surface area contributed by atoms with E-state index in [1.807, 2.05) is 24.3 Å². The number of aromatic nitrogens is 2. The van der Waals surface area contributed by atoms with Gasteiger partial charge in [0.15, 0.2) is 5.76 Å². The Balaban J connectivity index is 1.58. The zero-order valence-electron chi connectivity index (χ0n) is 12.8. The van der Waals surface area contributed by atoms with E-state index >= 15 is 0 Å². The van der Waals surface area contributed by atoms with Crippen LogP contribution in [0.1, 0.15) is 12.0 Å². The lowest BCUT2D eigenvalue weighted by Crippen LogP contribution is -2.39. The molecule has 1 aromatic carbocycles. The molecule has 122 valence electrons. The molecule has 0 aliphatic carbocycles. The Kier molecular flexibility index (Phi) is 3.53. The molecular weight excluding hydrogens is 310 g/mol. The number of rotatable bonds is 3. The third-order valence-corrected chi connectivity index (χ3v) is 4.03. The van der Waals surface area contributed by atoms with Gasteiger partial charge >= 0.3 is 5.76 Å². The van der Waals surface area contributed by atoms with Gasteiger partial charge in [-0.1, -0.05) is 18.2 Å². The van der Waals surface area contributed by atoms with E-state index in [-0.39, 0.29) is 18.3 Å². The van der Waals surface area contributed by atoms with Crippen molar-refractivity contribution >= 4 is 11.6 Å². The van der Waals surface area contributed by atoms with Gasteiger partial charge in [0.05, 0.1) is 6.26 Å². The Bertz CT molecular complexity index is 923. The van der Waals surface area contributed by atoms with Gasteiger partial charge in [0.1, 0.15) is 6.54 Å². The molecule has 0 N–H and O–H groups in total. The van der Waals surface area contributed by atoms with E-state index in [4.69, 9.17) is 8.83 Å². The summed E-state index contributed by atoms with van der Waals surface area (Å²) >= 11 is 0. The third-order valence-electron chi connectivity index (χ3n) is 4.03. The lowest BCUT2D eigenvalue weighted by atomic mass is 10.0. The van der Waals surface area contributed by atoms with Crippen LogP contribution in [0.15, 0.2) is 56.3 Å². The van der Waals surface area contributed by atoms with Crippen molar-refractivity contribution < 1.29 is 13.6 Å². The number of para-hydroxylation sites is 1. The molecule has 0 radical (unpaired) electrons. The largest absolute Gasteiger partial charge is 0.459 e. The number of nitrogens with zero attached hydrogens (tertiary/aromatic N) is 3. The summed E-state index contributed by atoms with van der Waals surface area (Å²) in [6.45, 7) is 0.463. The number of benzene rings is 1. The standard InChI is InChI=1S/C17H15N3O4/c21-15(19-9-3-6-12-5-1-2-7-13(12)19)11-20-17(22)24-16(18-20)14-8-4-10-23-14/h1-2,4-5,7-8,10H,3,6,9,11H2. The van der Waals surface area contributed by atoms with Crippen LogP contribution < -0.4 is 10.7 Å². The molecule has 2 aromatic heterocycles. The molecule has 0 spiro atoms. The molecular formula is C17H15N3O4. The van der Waals surface area contributed by atoms with Crippen LogP contribution in [0.25, 0.3) is 11.7 Å². The quantitative estimate of drug-likeness (QED) is 0.736. The van der Waals surface area contributed by atoms with Crippen LogP contribution in [0, 0.1) is 0 Å². The van der Waals surface area contributed by atoms with E-state index in [9.17, 15) is 9.59 Å². The summed E-state index contributed by atoms with van der Waals surface area (Å²) < 4.78 is 11.2. The molecule has 0 saturated heterocycles. The first-order valence-electron chi connectivity index (χ1n) is 7.72. The topological polar surface area (TPSA) is 81.5 Å². The molecule has 7 nitrogen and oxygen atoms in total. The first-order chi connectivity index (χ1) is 11.7. The fourth-order valence-electron chi connectivity index (χ4n) is 2.91. The Morgan fingerprint density at radius 2 is 2.08 bits per heavy atom. The fraction of sp³-hybridized carbons (Fsp3) is 0.235. The second-order valence-corrected chi connectivity index (χ2v) is 5.59. The van der Waals surface area contributed by atoms with Gasteiger partial charge in [0, 0.05) is 12.2 Å². The van der Waals surface area contributed by atoms with Gasteiger partial charge in [-0.25, -0.2) is 4.79 Å². The molecule has 7 heteroatoms. The number of fused-ring (bicyclic) bond motifs is 1. The maximum atomic E-state index is 12.6. The number of amides is 1. The van der Waals surface area contributed by atoms with E-state index in [1.165, 1.54) is 6.26 Å². The van der Waals surface area contributed by atoms with Gasteiger partial charge < -0.3 is 13.7 Å². The number of hydrogen-bond acceptors (Lipinski definition) is 5. The molecule has 1 aliphatic heterocycles. The van der Waals surface area contributed by atoms with E-state index < -0.39 is 5.76 Å². The minimum atomic E-state index is -0.681. The van der Waals surface area contributed by atoms with Crippen LogP contribution in [-0.4, -0.2) is 22.2 Å². The molecule has 0 fully saturated rings. The molecule has 0 unspecified atom stereocenters. The minimum Gasteiger partial charge on any atom is -0.459 e. The Morgan fingerprint density at radius 3 is 2.92 bits per heavy atom. The highest BCUT2D eigenvalue weighted by molar-refractivity contribution is 5.94. The summed E-state index contributed by atoms with van der Waals surface area (Å²) in [6, 6.07) is 11.1. The van der Waals surface area contributed by atoms with Gasteiger partial charge in [-0.3, -0.25) is 4.79 Å². The van der Waals surface area contributed by atoms with E-state index in [2.05, 4.69) is 5.10 Å². The molecule has 3 aromatic rings. The molecule has 1 amide bonds. The first kappa shape index (κ1) is 14.5. The molecule has 4 rings (SSSR count). The van der Waals surface area contributed by atoms with Crippen LogP contribution in [0.4, 0.5) is 5.69 Å². The lowest BCUT2D eigenvalue weighted by molar-refractivity contribution is -0.119. The summed E-state index contributed by atoms with van der Waals surface area (Å²) in [7, 11) is 0. The number of carbonyl (C=O) groups excluding carboxylic acids is 1. The van der Waals surface area contributed by atoms with E-state index in [0.717, 1.165) is 28.8 Å². The fourth-order valence-corrected chi connectivity index (χ4v) is 2.91. The van der Waals surface area contributed by atoms with E-state index in [0.29, 0.717) is 12.3 Å². The summed E-state index contributed by atoms with van der Waals surface area (Å²) in [5, 5.41) is 4.04. The summed E-state index contributed by atoms with van der Waals surface area (Å²) in [6.07, 6.45) is 3.31. The smallest absolute Gasteiger partial charge is 0.437 e. The molecule has 0 atom stereocenters. The Labute approximate surface area is 137 Å². The Morgan fingerprint density at radius 1 is 1.21 bits per heavy atom. The zero-order valence-corrected chi connectivity index (χ0v) is 12.8. The first-order valence-corrected chi connectivity index (χ1v) is 7.72. The van der Waals surface area contributed by atoms with Gasteiger partial charge in [-0.2, -0.15) is 4.68 Å². The van der Waals surface area contributed by atoms with Crippen LogP contribution in [0.5, 0.6) is 0 Å². The molecule has 0 saturated carbocycles. The van der Waals surface area contributed by atoms with Crippen LogP contribution in [0.2, 0.25) is 0 Å². The number of anilines is 1. The Hall–Kier alpha value is -3.09. The highest BCUT2D eigenvalue weighted by atomic mass is 16.4. The number of aryl methyl sites for hydroxylation is 1. The number of hydrogen-bond donors (Lipinski definition) is 0. The zero-order chi connectivity index (χ0) is 16.5. The average molecular weight is 325 g/mol. The second kappa shape index (κ2) is 5.84. The molecule has 1 aliphatic rings. The number of carbonyl (C=O) groups is 1. The van der Waals surface area contributed by atoms with Crippen molar-refractivity contribution in [2.75, 3.05) is 11.4 Å². The van der Waals surface area contributed by atoms with Crippen molar-refractivity contribution in [3.05, 3.63) is 58.8 Å². The van der Waals surface area contributed by atoms with Crippen molar-refractivity contribution in [3.8, 4) is 11.7 Å². The van der Waals surface area contributed by atoms with Crippen molar-refractivity contribution in [3.63, 3.8) is 0 Å². The van der Waals surface area contributed by atoms with Gasteiger partial charge in [-0.05, 0) is 36.6 Å². The van der Waals surface area contributed by atoms with Crippen LogP contribution >= 0.6 is 0 Å².